The number of benzene rings is 1. The van der Waals surface area contributed by atoms with E-state index in [0.29, 0.717) is 34.3 Å². The van der Waals surface area contributed by atoms with Crippen molar-refractivity contribution in [2.24, 2.45) is 0 Å². The van der Waals surface area contributed by atoms with Gasteiger partial charge < -0.3 is 25.2 Å². The van der Waals surface area contributed by atoms with Gasteiger partial charge in [-0.15, -0.1) is 0 Å². The molecule has 0 radical (unpaired) electrons. The largest absolute Gasteiger partial charge is 0.394 e. The Labute approximate surface area is 235 Å². The van der Waals surface area contributed by atoms with Crippen molar-refractivity contribution >= 4 is 23.5 Å². The first-order chi connectivity index (χ1) is 19.8. The molecule has 12 nitrogen and oxygen atoms in total. The smallest absolute Gasteiger partial charge is 0.263 e. The molecule has 1 aromatic carbocycles. The van der Waals surface area contributed by atoms with Crippen molar-refractivity contribution in [2.45, 2.75) is 25.4 Å². The molecule has 0 fully saturated rings. The number of carbonyl (C=O) groups excluding carboxylic acids is 1. The highest BCUT2D eigenvalue weighted by molar-refractivity contribution is 5.99. The van der Waals surface area contributed by atoms with E-state index in [1.807, 2.05) is 44.2 Å². The molecule has 0 unspecified atom stereocenters. The highest BCUT2D eigenvalue weighted by Crippen LogP contribution is 2.37. The van der Waals surface area contributed by atoms with E-state index >= 15 is 0 Å². The third-order valence-corrected chi connectivity index (χ3v) is 7.17. The van der Waals surface area contributed by atoms with E-state index in [-0.39, 0.29) is 24.4 Å². The maximum atomic E-state index is 12.6. The zero-order chi connectivity index (χ0) is 28.6. The van der Waals surface area contributed by atoms with Gasteiger partial charge in [0.15, 0.2) is 0 Å². The molecule has 12 heteroatoms. The summed E-state index contributed by atoms with van der Waals surface area (Å²) in [7, 11) is 1.76. The Bertz CT molecular complexity index is 1710. The molecule has 41 heavy (non-hydrogen) atoms. The van der Waals surface area contributed by atoms with Gasteiger partial charge in [-0.05, 0) is 43.7 Å². The molecule has 1 atom stereocenters. The van der Waals surface area contributed by atoms with E-state index in [9.17, 15) is 9.90 Å². The van der Waals surface area contributed by atoms with E-state index in [2.05, 4.69) is 30.7 Å². The summed E-state index contributed by atoms with van der Waals surface area (Å²) >= 11 is 0. The van der Waals surface area contributed by atoms with Crippen LogP contribution in [0.4, 0.5) is 17.6 Å². The molecule has 0 saturated carbocycles. The standard InChI is InChI=1S/C29H27N9O3/c1-29(2)23-19(27(40)38(29)3)9-10-22(33-23)34-28-31-15-20(26-35-24(37-41-26)18-11-13-30-14-12-18)25(36-28)32-21(16-39)17-7-5-4-6-8-17/h4-15,21,39H,16H2,1-3H3,(H2,31,32,33,34,36)/t21-/m1/s1. The summed E-state index contributed by atoms with van der Waals surface area (Å²) in [5.74, 6) is 1.62. The van der Waals surface area contributed by atoms with Gasteiger partial charge in [0, 0.05) is 31.2 Å². The van der Waals surface area contributed by atoms with Crippen LogP contribution in [-0.2, 0) is 5.54 Å². The SMILES string of the molecule is CN1C(=O)c2ccc(Nc3ncc(-c4nc(-c5ccncc5)no4)c(N[C@H](CO)c4ccccc4)n3)nc2C1(C)C. The maximum Gasteiger partial charge on any atom is 0.263 e. The van der Waals surface area contributed by atoms with Crippen molar-refractivity contribution < 1.29 is 14.4 Å². The monoisotopic (exact) mass is 549 g/mol. The van der Waals surface area contributed by atoms with E-state index in [0.717, 1.165) is 11.1 Å². The number of hydrogen-bond acceptors (Lipinski definition) is 11. The lowest BCUT2D eigenvalue weighted by molar-refractivity contribution is 0.0688. The minimum atomic E-state index is -0.559. The first-order valence-electron chi connectivity index (χ1n) is 13.0. The fourth-order valence-electron chi connectivity index (χ4n) is 4.62. The first kappa shape index (κ1) is 26.0. The Kier molecular flexibility index (Phi) is 6.59. The normalized spacial score (nSPS) is 14.5. The molecule has 0 aliphatic carbocycles. The maximum absolute atomic E-state index is 12.6. The number of rotatable bonds is 8. The van der Waals surface area contributed by atoms with Crippen LogP contribution in [0.2, 0.25) is 0 Å². The topological polar surface area (TPSA) is 155 Å². The summed E-state index contributed by atoms with van der Waals surface area (Å²) in [6, 6.07) is 16.1. The third-order valence-electron chi connectivity index (χ3n) is 7.17. The summed E-state index contributed by atoms with van der Waals surface area (Å²) in [6.45, 7) is 3.71. The summed E-state index contributed by atoms with van der Waals surface area (Å²) in [6.07, 6.45) is 4.86. The molecule has 4 aromatic heterocycles. The zero-order valence-corrected chi connectivity index (χ0v) is 22.6. The number of hydrogen-bond donors (Lipinski definition) is 3. The minimum absolute atomic E-state index is 0.0715. The highest BCUT2D eigenvalue weighted by Gasteiger charge is 2.42. The lowest BCUT2D eigenvalue weighted by Gasteiger charge is -2.27. The van der Waals surface area contributed by atoms with E-state index in [1.54, 1.807) is 54.8 Å². The zero-order valence-electron chi connectivity index (χ0n) is 22.6. The van der Waals surface area contributed by atoms with Gasteiger partial charge in [0.05, 0.1) is 29.4 Å². The van der Waals surface area contributed by atoms with Gasteiger partial charge in [-0.3, -0.25) is 9.78 Å². The molecule has 6 rings (SSSR count). The molecule has 0 saturated heterocycles. The third kappa shape index (κ3) is 4.85. The predicted molar refractivity (Wildman–Crippen MR) is 151 cm³/mol. The summed E-state index contributed by atoms with van der Waals surface area (Å²) in [5.41, 5.74) is 2.74. The fourth-order valence-corrected chi connectivity index (χ4v) is 4.62. The number of aliphatic hydroxyl groups is 1. The predicted octanol–water partition coefficient (Wildman–Crippen LogP) is 4.19. The van der Waals surface area contributed by atoms with Gasteiger partial charge in [-0.1, -0.05) is 35.5 Å². The number of nitrogens with zero attached hydrogens (tertiary/aromatic N) is 7. The summed E-state index contributed by atoms with van der Waals surface area (Å²) in [5, 5.41) is 20.8. The molecule has 1 aliphatic rings. The van der Waals surface area contributed by atoms with Crippen LogP contribution in [0, 0.1) is 0 Å². The highest BCUT2D eigenvalue weighted by atomic mass is 16.5. The average Bonchev–Trinajstić information content (AvgIpc) is 3.55. The van der Waals surface area contributed by atoms with Gasteiger partial charge in [-0.25, -0.2) is 9.97 Å². The molecule has 206 valence electrons. The molecule has 0 bridgehead atoms. The number of aliphatic hydroxyl groups excluding tert-OH is 1. The van der Waals surface area contributed by atoms with Gasteiger partial charge in [-0.2, -0.15) is 9.97 Å². The molecular formula is C29H27N9O3. The van der Waals surface area contributed by atoms with Crippen LogP contribution >= 0.6 is 0 Å². The molecule has 3 N–H and O–H groups in total. The first-order valence-corrected chi connectivity index (χ1v) is 13.0. The molecule has 1 aliphatic heterocycles. The number of nitrogens with one attached hydrogen (secondary N) is 2. The number of anilines is 3. The van der Waals surface area contributed by atoms with Gasteiger partial charge in [0.2, 0.25) is 11.8 Å². The van der Waals surface area contributed by atoms with Crippen molar-refractivity contribution in [1.29, 1.82) is 0 Å². The lowest BCUT2D eigenvalue weighted by atomic mass is 10.00. The second-order valence-corrected chi connectivity index (χ2v) is 10.0. The van der Waals surface area contributed by atoms with Crippen LogP contribution in [0.3, 0.4) is 0 Å². The Balaban J connectivity index is 1.36. The fraction of sp³-hybridized carbons (Fsp3) is 0.207. The Morgan fingerprint density at radius 1 is 1.00 bits per heavy atom. The van der Waals surface area contributed by atoms with Crippen LogP contribution in [0.1, 0.15) is 41.5 Å². The van der Waals surface area contributed by atoms with Crippen molar-refractivity contribution in [3.63, 3.8) is 0 Å². The number of amides is 1. The van der Waals surface area contributed by atoms with E-state index < -0.39 is 11.6 Å². The van der Waals surface area contributed by atoms with Crippen LogP contribution in [-0.4, -0.2) is 59.6 Å². The van der Waals surface area contributed by atoms with Crippen molar-refractivity contribution in [1.82, 2.24) is 35.0 Å². The minimum Gasteiger partial charge on any atom is -0.394 e. The molecule has 0 spiro atoms. The van der Waals surface area contributed by atoms with Crippen molar-refractivity contribution in [3.8, 4) is 22.8 Å². The number of aromatic nitrogens is 6. The Morgan fingerprint density at radius 2 is 1.78 bits per heavy atom. The Morgan fingerprint density at radius 3 is 2.54 bits per heavy atom. The van der Waals surface area contributed by atoms with Crippen molar-refractivity contribution in [2.75, 3.05) is 24.3 Å². The number of fused-ring (bicyclic) bond motifs is 1. The second kappa shape index (κ2) is 10.4. The number of carbonyl (C=O) groups is 1. The average molecular weight is 550 g/mol. The lowest BCUT2D eigenvalue weighted by Crippen LogP contribution is -2.35. The van der Waals surface area contributed by atoms with Crippen LogP contribution in [0.25, 0.3) is 22.8 Å². The van der Waals surface area contributed by atoms with Crippen LogP contribution < -0.4 is 10.6 Å². The van der Waals surface area contributed by atoms with E-state index in [1.165, 1.54) is 0 Å². The number of pyridine rings is 2. The van der Waals surface area contributed by atoms with Gasteiger partial charge in [0.1, 0.15) is 17.2 Å². The van der Waals surface area contributed by atoms with E-state index in [4.69, 9.17) is 14.5 Å². The van der Waals surface area contributed by atoms with Crippen LogP contribution in [0.5, 0.6) is 0 Å². The van der Waals surface area contributed by atoms with Crippen molar-refractivity contribution in [3.05, 3.63) is 90.0 Å². The quantitative estimate of drug-likeness (QED) is 0.255. The summed E-state index contributed by atoms with van der Waals surface area (Å²) in [4.78, 5) is 36.8. The molecular weight excluding hydrogens is 522 g/mol. The van der Waals surface area contributed by atoms with Gasteiger partial charge >= 0.3 is 0 Å². The van der Waals surface area contributed by atoms with Gasteiger partial charge in [0.25, 0.3) is 11.8 Å². The van der Waals surface area contributed by atoms with Crippen LogP contribution in [0.15, 0.2) is 77.7 Å². The summed E-state index contributed by atoms with van der Waals surface area (Å²) < 4.78 is 5.58. The molecule has 5 heterocycles. The second-order valence-electron chi connectivity index (χ2n) is 10.0. The molecule has 5 aromatic rings. The Hall–Kier alpha value is -5.23. The molecule has 1 amide bonds.